The van der Waals surface area contributed by atoms with E-state index < -0.39 is 52.0 Å². The van der Waals surface area contributed by atoms with Crippen molar-refractivity contribution in [3.05, 3.63) is 148 Å². The first kappa shape index (κ1) is 64.1. The molecule has 82 heavy (non-hydrogen) atoms. The van der Waals surface area contributed by atoms with Crippen LogP contribution in [0.5, 0.6) is 0 Å². The predicted molar refractivity (Wildman–Crippen MR) is 307 cm³/mol. The van der Waals surface area contributed by atoms with E-state index in [1.165, 1.54) is 30.1 Å². The quantitative estimate of drug-likeness (QED) is 0.0146. The van der Waals surface area contributed by atoms with Crippen LogP contribution in [-0.2, 0) is 69.5 Å². The summed E-state index contributed by atoms with van der Waals surface area (Å²) < 4.78 is 118. The van der Waals surface area contributed by atoms with Gasteiger partial charge in [-0.1, -0.05) is 69.2 Å². The second-order valence-corrected chi connectivity index (χ2v) is 26.4. The molecule has 0 fully saturated rings. The lowest BCUT2D eigenvalue weighted by Gasteiger charge is -2.27. The number of primary sulfonamides is 1. The monoisotopic (exact) mass is 1220 g/mol. The molecule has 438 valence electrons. The van der Waals surface area contributed by atoms with E-state index in [4.69, 9.17) is 22.7 Å². The average molecular weight is 1220 g/mol. The first-order valence-electron chi connectivity index (χ1n) is 25.8. The van der Waals surface area contributed by atoms with Gasteiger partial charge in [-0.2, -0.15) is 21.4 Å². The first-order chi connectivity index (χ1) is 38.5. The van der Waals surface area contributed by atoms with Gasteiger partial charge in [-0.05, 0) is 93.3 Å². The van der Waals surface area contributed by atoms with E-state index in [2.05, 4.69) is 69.4 Å². The van der Waals surface area contributed by atoms with Gasteiger partial charge in [0.05, 0.1) is 46.0 Å². The molecule has 0 saturated heterocycles. The molecule has 0 spiro atoms. The van der Waals surface area contributed by atoms with E-state index in [0.29, 0.717) is 65.3 Å². The molecule has 5 aromatic rings. The average Bonchev–Trinajstić information content (AvgIpc) is 2.18. The van der Waals surface area contributed by atoms with Crippen LogP contribution < -0.4 is 20.7 Å². The fourth-order valence-corrected chi connectivity index (χ4v) is 11.9. The number of nitrogens with one attached hydrogen (secondary N) is 2. The van der Waals surface area contributed by atoms with Gasteiger partial charge in [0.15, 0.2) is 11.5 Å². The lowest BCUT2D eigenvalue weighted by Crippen LogP contribution is -2.28. The van der Waals surface area contributed by atoms with Gasteiger partial charge in [0, 0.05) is 84.0 Å². The number of carbonyl (C=O) groups excluding carboxylic acids is 3. The molecule has 28 heteroatoms. The van der Waals surface area contributed by atoms with Crippen LogP contribution in [-0.4, -0.2) is 120 Å². The summed E-state index contributed by atoms with van der Waals surface area (Å²) in [5, 5.41) is 18.2. The molecule has 0 aliphatic carbocycles. The Labute approximate surface area is 482 Å². The van der Waals surface area contributed by atoms with Crippen LogP contribution in [0.1, 0.15) is 128 Å². The second kappa shape index (κ2) is 27.4. The first-order valence-corrected chi connectivity index (χ1v) is 32.2. The Morgan fingerprint density at radius 1 is 0.817 bits per heavy atom. The van der Waals surface area contributed by atoms with E-state index >= 15 is 0 Å². The van der Waals surface area contributed by atoms with Crippen molar-refractivity contribution in [2.24, 2.45) is 5.14 Å². The molecular formula is C54H64N9O14S5+. The van der Waals surface area contributed by atoms with Gasteiger partial charge in [0.2, 0.25) is 15.9 Å². The van der Waals surface area contributed by atoms with E-state index in [9.17, 15) is 48.7 Å². The van der Waals surface area contributed by atoms with Crippen molar-refractivity contribution in [2.45, 2.75) is 113 Å². The maximum absolute atomic E-state index is 13.4. The van der Waals surface area contributed by atoms with Gasteiger partial charge in [0.25, 0.3) is 36.2 Å². The number of para-hydroxylation sites is 1. The van der Waals surface area contributed by atoms with E-state index in [1.807, 2.05) is 49.1 Å². The minimum atomic E-state index is -4.55. The lowest BCUT2D eigenvalue weighted by molar-refractivity contribution is -0.438. The number of amides is 2. The van der Waals surface area contributed by atoms with E-state index in [1.54, 1.807) is 30.3 Å². The van der Waals surface area contributed by atoms with Crippen LogP contribution >= 0.6 is 11.3 Å². The number of fused-ring (bicyclic) bond motifs is 2. The summed E-state index contributed by atoms with van der Waals surface area (Å²) in [5.74, 6) is -1.34. The van der Waals surface area contributed by atoms with Gasteiger partial charge < -0.3 is 15.5 Å². The summed E-state index contributed by atoms with van der Waals surface area (Å²) in [5.41, 5.74) is 6.48. The standard InChI is InChI=1S/C54H63N9O11S4.O3S/c1-6-7-28-62-44-15-11-10-14-41(44)53(2,3)47(62)25-19-36(20-26-48-54(4,5)42-31-40(78(72,73)74)22-24-45(42)63(48)29-13-30-76(67,68)69)43-23-18-38(34-58-43)51(66)56-27-12-8-9-16-49(65)59-35-39-21-17-37(33-57-39)46(64)32-50-60-61-52(75-50)77(55,70)71;1-4(2)3/h10-11,14-15,17-26,31,33-34H,6-9,12-13,16,27-30,32,35H2,1-5H3,(H5-,55,56,59,65,66,67,68,69,70,71,72,73,74);/p+1. The summed E-state index contributed by atoms with van der Waals surface area (Å²) in [7, 11) is -16.0. The van der Waals surface area contributed by atoms with Crippen LogP contribution in [0, 0.1) is 0 Å². The maximum atomic E-state index is 13.4. The Morgan fingerprint density at radius 3 is 2.16 bits per heavy atom. The third-order valence-corrected chi connectivity index (χ3v) is 17.5. The zero-order chi connectivity index (χ0) is 60.2. The fourth-order valence-electron chi connectivity index (χ4n) is 9.45. The molecule has 5 heterocycles. The highest BCUT2D eigenvalue weighted by Crippen LogP contribution is 2.49. The molecule has 7 rings (SSSR count). The summed E-state index contributed by atoms with van der Waals surface area (Å²) >= 11 is 0.720. The van der Waals surface area contributed by atoms with Crippen molar-refractivity contribution in [3.8, 4) is 0 Å². The number of Topliss-reactive ketones (excluding diaryl/α,β-unsaturated/α-hetero) is 1. The van der Waals surface area contributed by atoms with Crippen molar-refractivity contribution in [1.82, 2.24) is 30.8 Å². The Bertz CT molecular complexity index is 3800. The van der Waals surface area contributed by atoms with Gasteiger partial charge in [-0.3, -0.25) is 33.5 Å². The molecule has 0 radical (unpaired) electrons. The topological polar surface area (TPSA) is 353 Å². The smallest absolute Gasteiger partial charge is 0.352 e. The molecule has 0 unspecified atom stereocenters. The van der Waals surface area contributed by atoms with Crippen LogP contribution in [0.3, 0.4) is 0 Å². The fraction of sp³-hybridized carbons (Fsp3) is 0.370. The van der Waals surface area contributed by atoms with Crippen molar-refractivity contribution < 1.29 is 65.9 Å². The van der Waals surface area contributed by atoms with Crippen LogP contribution in [0.25, 0.3) is 5.57 Å². The number of ketones is 1. The van der Waals surface area contributed by atoms with Gasteiger partial charge in [-0.25, -0.2) is 13.6 Å². The number of nitrogens with zero attached hydrogens (tertiary/aromatic N) is 6. The van der Waals surface area contributed by atoms with Crippen molar-refractivity contribution >= 4 is 92.5 Å². The molecule has 2 aliphatic rings. The normalized spacial score (nSPS) is 15.2. The van der Waals surface area contributed by atoms with Crippen LogP contribution in [0.2, 0.25) is 0 Å². The van der Waals surface area contributed by atoms with Crippen molar-refractivity contribution in [3.63, 3.8) is 0 Å². The number of rotatable bonds is 25. The SMILES string of the molecule is CCCC[N+]1=C(/C=C/C(=C/C=C2/N(CCCS(=O)(=O)O)c3ccc(S(=O)(=O)O)cc3C2(C)C)c2ccc(C(=O)NCCCCCC(=O)NCc3ccc(C(=O)Cc4nnc(S(N)(=O)=O)s4)cn3)cn2)C(C)(C)c2ccccc21.O=S(=O)=O. The second-order valence-electron chi connectivity index (χ2n) is 20.2. The summed E-state index contributed by atoms with van der Waals surface area (Å²) in [4.78, 5) is 49.3. The molecule has 23 nitrogen and oxygen atoms in total. The Kier molecular flexibility index (Phi) is 21.4. The minimum absolute atomic E-state index is 0.0586. The number of hydrogen-bond acceptors (Lipinski definition) is 18. The van der Waals surface area contributed by atoms with Crippen molar-refractivity contribution in [2.75, 3.05) is 30.3 Å². The number of hydrogen-bond donors (Lipinski definition) is 5. The molecule has 2 amide bonds. The molecule has 0 bridgehead atoms. The summed E-state index contributed by atoms with van der Waals surface area (Å²) in [6, 6.07) is 19.3. The van der Waals surface area contributed by atoms with Crippen LogP contribution in [0.4, 0.5) is 11.4 Å². The van der Waals surface area contributed by atoms with Gasteiger partial charge >= 0.3 is 10.6 Å². The molecule has 2 aromatic carbocycles. The Hall–Kier alpha value is -7.05. The third kappa shape index (κ3) is 17.0. The minimum Gasteiger partial charge on any atom is -0.352 e. The van der Waals surface area contributed by atoms with E-state index in [0.717, 1.165) is 42.1 Å². The van der Waals surface area contributed by atoms with Gasteiger partial charge in [0.1, 0.15) is 11.6 Å². The number of aromatic nitrogens is 4. The zero-order valence-corrected chi connectivity index (χ0v) is 49.7. The molecule has 2 aliphatic heterocycles. The highest BCUT2D eigenvalue weighted by Gasteiger charge is 2.44. The number of pyridine rings is 2. The maximum Gasteiger partial charge on any atom is 0.425 e. The molecule has 0 atom stereocenters. The lowest BCUT2D eigenvalue weighted by atomic mass is 9.81. The molecule has 0 saturated carbocycles. The number of carbonyl (C=O) groups is 3. The molecular weight excluding hydrogens is 1160 g/mol. The number of benzene rings is 2. The Morgan fingerprint density at radius 2 is 1.52 bits per heavy atom. The Balaban J connectivity index is 0.00000261. The predicted octanol–water partition coefficient (Wildman–Crippen LogP) is 6.03. The van der Waals surface area contributed by atoms with Gasteiger partial charge in [-0.15, -0.1) is 22.8 Å². The largest absolute Gasteiger partial charge is 0.425 e. The number of nitrogens with two attached hydrogens (primary N) is 1. The zero-order valence-electron chi connectivity index (χ0n) is 45.6. The number of allylic oxidation sites excluding steroid dienone is 6. The summed E-state index contributed by atoms with van der Waals surface area (Å²) in [6.07, 6.45) is 14.7. The highest BCUT2D eigenvalue weighted by atomic mass is 32.2. The highest BCUT2D eigenvalue weighted by molar-refractivity contribution is 7.91. The number of anilines is 1. The number of sulfonamides is 1. The third-order valence-electron chi connectivity index (χ3n) is 13.6. The number of unbranched alkanes of at least 4 members (excludes halogenated alkanes) is 3. The summed E-state index contributed by atoms with van der Waals surface area (Å²) in [6.45, 7) is 11.8. The van der Waals surface area contributed by atoms with Crippen molar-refractivity contribution in [1.29, 1.82) is 0 Å². The van der Waals surface area contributed by atoms with E-state index in [-0.39, 0.29) is 75.2 Å². The molecule has 6 N–H and O–H groups in total. The molecule has 3 aromatic heterocycles. The van der Waals surface area contributed by atoms with Crippen LogP contribution in [0.15, 0.2) is 118 Å².